The summed E-state index contributed by atoms with van der Waals surface area (Å²) in [4.78, 5) is 19.7. The molecular weight excluding hydrogens is 536 g/mol. The Hall–Kier alpha value is -3.42. The van der Waals surface area contributed by atoms with Crippen LogP contribution in [0.2, 0.25) is 0 Å². The standard InChI is InChI=1S/C29H23BrN2O3S/c1-34-23-16-24(35-2)22(30)14-19(23)15-25-28(33)32-27(18-9-4-3-5-10-18)21-13-12-17-8-6-7-11-20(17)26(21)31-29(32)36-25/h3-11,14-16,27H,12-13H2,1-2H3/b25-15+/t27-/m0/s1. The number of aromatic nitrogens is 1. The Kier molecular flexibility index (Phi) is 5.90. The van der Waals surface area contributed by atoms with Crippen molar-refractivity contribution >= 4 is 39.0 Å². The van der Waals surface area contributed by atoms with Crippen molar-refractivity contribution in [3.63, 3.8) is 0 Å². The second kappa shape index (κ2) is 9.22. The van der Waals surface area contributed by atoms with Crippen LogP contribution in [-0.2, 0) is 6.42 Å². The fraction of sp³-hybridized carbons (Fsp3) is 0.172. The van der Waals surface area contributed by atoms with E-state index in [1.165, 1.54) is 22.5 Å². The number of fused-ring (bicyclic) bond motifs is 3. The van der Waals surface area contributed by atoms with Gasteiger partial charge < -0.3 is 9.47 Å². The number of thiazole rings is 1. The lowest BCUT2D eigenvalue weighted by Crippen LogP contribution is -2.38. The minimum absolute atomic E-state index is 0.0491. The SMILES string of the molecule is COc1cc(OC)c(/C=c2/sc3n(c2=O)[C@@H](c2ccccc2)C2=C(N=3)c3ccccc3CC2)cc1Br. The molecular formula is C29H23BrN2O3S. The summed E-state index contributed by atoms with van der Waals surface area (Å²) in [6.45, 7) is 0. The second-order valence-corrected chi connectivity index (χ2v) is 10.6. The summed E-state index contributed by atoms with van der Waals surface area (Å²) in [6, 6.07) is 22.3. The Balaban J connectivity index is 1.61. The van der Waals surface area contributed by atoms with Gasteiger partial charge in [0.15, 0.2) is 4.80 Å². The number of benzene rings is 3. The summed E-state index contributed by atoms with van der Waals surface area (Å²) >= 11 is 4.96. The number of halogens is 1. The van der Waals surface area contributed by atoms with Crippen molar-refractivity contribution < 1.29 is 9.47 Å². The van der Waals surface area contributed by atoms with Crippen LogP contribution < -0.4 is 24.4 Å². The molecule has 5 nitrogen and oxygen atoms in total. The topological polar surface area (TPSA) is 52.8 Å². The number of allylic oxidation sites excluding steroid dienone is 1. The van der Waals surface area contributed by atoms with E-state index in [1.807, 2.05) is 41.0 Å². The number of aryl methyl sites for hydroxylation is 1. The predicted octanol–water partition coefficient (Wildman–Crippen LogP) is 5.10. The molecule has 0 unspecified atom stereocenters. The molecule has 180 valence electrons. The van der Waals surface area contributed by atoms with Gasteiger partial charge in [0.2, 0.25) is 0 Å². The molecule has 1 aliphatic heterocycles. The van der Waals surface area contributed by atoms with E-state index < -0.39 is 0 Å². The molecule has 0 bridgehead atoms. The molecule has 36 heavy (non-hydrogen) atoms. The third kappa shape index (κ3) is 3.74. The van der Waals surface area contributed by atoms with E-state index >= 15 is 0 Å². The number of methoxy groups -OCH3 is 2. The molecule has 0 saturated heterocycles. The molecule has 0 N–H and O–H groups in total. The van der Waals surface area contributed by atoms with Crippen molar-refractivity contribution in [2.45, 2.75) is 18.9 Å². The average Bonchev–Trinajstić information content (AvgIpc) is 3.22. The minimum atomic E-state index is -0.183. The zero-order valence-electron chi connectivity index (χ0n) is 19.8. The highest BCUT2D eigenvalue weighted by molar-refractivity contribution is 9.10. The van der Waals surface area contributed by atoms with Gasteiger partial charge in [-0.1, -0.05) is 65.9 Å². The number of rotatable bonds is 4. The van der Waals surface area contributed by atoms with Crippen molar-refractivity contribution in [2.24, 2.45) is 4.99 Å². The van der Waals surface area contributed by atoms with Crippen LogP contribution in [0.5, 0.6) is 11.5 Å². The van der Waals surface area contributed by atoms with Gasteiger partial charge in [-0.15, -0.1) is 0 Å². The van der Waals surface area contributed by atoms with Gasteiger partial charge in [-0.2, -0.15) is 0 Å². The van der Waals surface area contributed by atoms with E-state index in [0.29, 0.717) is 20.8 Å². The Morgan fingerprint density at radius 1 is 1.00 bits per heavy atom. The van der Waals surface area contributed by atoms with Crippen molar-refractivity contribution in [2.75, 3.05) is 14.2 Å². The van der Waals surface area contributed by atoms with Gasteiger partial charge in [0.1, 0.15) is 11.5 Å². The molecule has 0 amide bonds. The summed E-state index contributed by atoms with van der Waals surface area (Å²) in [6.07, 6.45) is 3.69. The van der Waals surface area contributed by atoms with Gasteiger partial charge in [0.25, 0.3) is 5.56 Å². The fourth-order valence-electron chi connectivity index (χ4n) is 5.10. The molecule has 0 spiro atoms. The third-order valence-corrected chi connectivity index (χ3v) is 8.38. The zero-order valence-corrected chi connectivity index (χ0v) is 22.2. The van der Waals surface area contributed by atoms with Gasteiger partial charge in [0.05, 0.1) is 35.0 Å². The number of hydrogen-bond acceptors (Lipinski definition) is 5. The van der Waals surface area contributed by atoms with Gasteiger partial charge in [-0.25, -0.2) is 4.99 Å². The van der Waals surface area contributed by atoms with E-state index in [1.54, 1.807) is 14.2 Å². The molecule has 1 atom stereocenters. The first-order valence-corrected chi connectivity index (χ1v) is 13.3. The molecule has 0 radical (unpaired) electrons. The molecule has 7 heteroatoms. The third-order valence-electron chi connectivity index (χ3n) is 6.78. The Bertz CT molecular complexity index is 1700. The summed E-state index contributed by atoms with van der Waals surface area (Å²) < 4.78 is 14.3. The Morgan fingerprint density at radius 2 is 1.75 bits per heavy atom. The maximum absolute atomic E-state index is 13.9. The normalized spacial score (nSPS) is 16.6. The van der Waals surface area contributed by atoms with Crippen LogP contribution in [0.15, 0.2) is 86.6 Å². The van der Waals surface area contributed by atoms with Crippen LogP contribution in [-0.4, -0.2) is 18.8 Å². The van der Waals surface area contributed by atoms with Crippen LogP contribution in [0.1, 0.15) is 34.7 Å². The van der Waals surface area contributed by atoms with Crippen LogP contribution in [0.4, 0.5) is 0 Å². The van der Waals surface area contributed by atoms with Gasteiger partial charge in [-0.05, 0) is 57.6 Å². The first kappa shape index (κ1) is 23.0. The lowest BCUT2D eigenvalue weighted by Gasteiger charge is -2.30. The van der Waals surface area contributed by atoms with E-state index in [0.717, 1.165) is 39.7 Å². The van der Waals surface area contributed by atoms with Crippen LogP contribution in [0, 0.1) is 0 Å². The van der Waals surface area contributed by atoms with Crippen molar-refractivity contribution in [1.29, 1.82) is 0 Å². The van der Waals surface area contributed by atoms with Crippen molar-refractivity contribution in [1.82, 2.24) is 4.57 Å². The smallest absolute Gasteiger partial charge is 0.271 e. The highest BCUT2D eigenvalue weighted by atomic mass is 79.9. The number of nitrogens with zero attached hydrogens (tertiary/aromatic N) is 2. The van der Waals surface area contributed by atoms with Gasteiger partial charge >= 0.3 is 0 Å². The largest absolute Gasteiger partial charge is 0.496 e. The predicted molar refractivity (Wildman–Crippen MR) is 146 cm³/mol. The second-order valence-electron chi connectivity index (χ2n) is 8.75. The first-order chi connectivity index (χ1) is 17.6. The zero-order chi connectivity index (χ0) is 24.8. The molecule has 0 saturated carbocycles. The lowest BCUT2D eigenvalue weighted by atomic mass is 9.83. The van der Waals surface area contributed by atoms with Crippen molar-refractivity contribution in [3.8, 4) is 11.5 Å². The molecule has 1 aliphatic carbocycles. The van der Waals surface area contributed by atoms with Gasteiger partial charge in [-0.3, -0.25) is 9.36 Å². The van der Waals surface area contributed by atoms with Crippen LogP contribution in [0.25, 0.3) is 11.8 Å². The highest BCUT2D eigenvalue weighted by Gasteiger charge is 2.32. The van der Waals surface area contributed by atoms with E-state index in [9.17, 15) is 4.79 Å². The molecule has 2 heterocycles. The monoisotopic (exact) mass is 558 g/mol. The summed E-state index contributed by atoms with van der Waals surface area (Å²) in [5.41, 5.74) is 6.51. The summed E-state index contributed by atoms with van der Waals surface area (Å²) in [5, 5.41) is 0. The average molecular weight is 559 g/mol. The maximum atomic E-state index is 13.9. The lowest BCUT2D eigenvalue weighted by molar-refractivity contribution is 0.392. The van der Waals surface area contributed by atoms with Crippen LogP contribution >= 0.6 is 27.3 Å². The van der Waals surface area contributed by atoms with Gasteiger partial charge in [0, 0.05) is 17.2 Å². The molecule has 4 aromatic rings. The van der Waals surface area contributed by atoms with E-state index in [2.05, 4.69) is 52.3 Å². The Labute approximate surface area is 220 Å². The summed E-state index contributed by atoms with van der Waals surface area (Å²) in [7, 11) is 3.23. The first-order valence-electron chi connectivity index (χ1n) is 11.7. The van der Waals surface area contributed by atoms with Crippen LogP contribution in [0.3, 0.4) is 0 Å². The number of hydrogen-bond donors (Lipinski definition) is 0. The molecule has 2 aliphatic rings. The van der Waals surface area contributed by atoms with E-state index in [-0.39, 0.29) is 11.6 Å². The molecule has 1 aromatic heterocycles. The van der Waals surface area contributed by atoms with Crippen molar-refractivity contribution in [3.05, 3.63) is 119 Å². The molecule has 3 aromatic carbocycles. The minimum Gasteiger partial charge on any atom is -0.496 e. The van der Waals surface area contributed by atoms with E-state index in [4.69, 9.17) is 14.5 Å². The molecule has 0 fully saturated rings. The Morgan fingerprint density at radius 3 is 2.53 bits per heavy atom. The quantitative estimate of drug-likeness (QED) is 0.350. The molecule has 6 rings (SSSR count). The fourth-order valence-corrected chi connectivity index (χ4v) is 6.61. The highest BCUT2D eigenvalue weighted by Crippen LogP contribution is 2.41. The maximum Gasteiger partial charge on any atom is 0.271 e. The number of ether oxygens (including phenoxy) is 2. The summed E-state index contributed by atoms with van der Waals surface area (Å²) in [5.74, 6) is 1.30.